The van der Waals surface area contributed by atoms with E-state index in [1.165, 1.54) is 6.92 Å². The van der Waals surface area contributed by atoms with Crippen molar-refractivity contribution in [3.8, 4) is 0 Å². The summed E-state index contributed by atoms with van der Waals surface area (Å²) < 4.78 is 19.0. The minimum atomic E-state index is -1.80. The quantitative estimate of drug-likeness (QED) is 0.692. The highest BCUT2D eigenvalue weighted by molar-refractivity contribution is 5.14. The molecule has 0 radical (unpaired) electrons. The molecule has 0 bridgehead atoms. The Hall–Kier alpha value is -0.860. The molecule has 1 N–H and O–H groups in total. The van der Waals surface area contributed by atoms with E-state index in [1.807, 2.05) is 30.3 Å². The van der Waals surface area contributed by atoms with E-state index in [0.29, 0.717) is 6.42 Å². The van der Waals surface area contributed by atoms with Crippen LogP contribution in [0.4, 0.5) is 0 Å². The van der Waals surface area contributed by atoms with Gasteiger partial charge in [-0.25, -0.2) is 0 Å². The smallest absolute Gasteiger partial charge is 0.158 e. The normalized spacial score (nSPS) is 16.5. The number of aliphatic hydroxyl groups is 1. The second kappa shape index (κ2) is 4.91. The molecule has 1 aromatic carbocycles. The van der Waals surface area contributed by atoms with Crippen molar-refractivity contribution in [2.75, 3.05) is 6.56 Å². The van der Waals surface area contributed by atoms with Gasteiger partial charge >= 0.3 is 0 Å². The Morgan fingerprint density at radius 1 is 1.50 bits per heavy atom. The molecular weight excluding hydrogens is 152 g/mol. The van der Waals surface area contributed by atoms with Gasteiger partial charge in [-0.15, -0.1) is 0 Å². The maximum absolute atomic E-state index is 9.38. The van der Waals surface area contributed by atoms with E-state index in [0.717, 1.165) is 5.56 Å². The second-order valence-corrected chi connectivity index (χ2v) is 2.47. The number of benzene rings is 1. The number of ether oxygens (including phenoxy) is 1. The van der Waals surface area contributed by atoms with E-state index < -0.39 is 12.8 Å². The van der Waals surface area contributed by atoms with E-state index in [1.54, 1.807) is 0 Å². The van der Waals surface area contributed by atoms with Gasteiger partial charge in [0.2, 0.25) is 0 Å². The van der Waals surface area contributed by atoms with Crippen molar-refractivity contribution in [2.45, 2.75) is 19.6 Å². The maximum Gasteiger partial charge on any atom is 0.158 e. The van der Waals surface area contributed by atoms with E-state index in [2.05, 4.69) is 0 Å². The number of hydrogen-bond acceptors (Lipinski definition) is 2. The summed E-state index contributed by atoms with van der Waals surface area (Å²) in [6.07, 6.45) is -0.800. The van der Waals surface area contributed by atoms with Gasteiger partial charge in [0.15, 0.2) is 6.29 Å². The molecule has 0 spiro atoms. The molecule has 1 aromatic rings. The number of aliphatic hydroxyl groups excluding tert-OH is 1. The van der Waals surface area contributed by atoms with Crippen LogP contribution in [-0.4, -0.2) is 18.0 Å². The van der Waals surface area contributed by atoms with Gasteiger partial charge in [0.25, 0.3) is 0 Å². The van der Waals surface area contributed by atoms with Gasteiger partial charge in [-0.1, -0.05) is 30.3 Å². The van der Waals surface area contributed by atoms with Crippen LogP contribution >= 0.6 is 0 Å². The Kier molecular flexibility index (Phi) is 2.71. The van der Waals surface area contributed by atoms with Crippen LogP contribution in [0.1, 0.15) is 15.2 Å². The Bertz CT molecular complexity index is 269. The topological polar surface area (TPSA) is 29.5 Å². The van der Waals surface area contributed by atoms with Crippen molar-refractivity contribution in [3.63, 3.8) is 0 Å². The van der Waals surface area contributed by atoms with Crippen LogP contribution < -0.4 is 0 Å². The lowest BCUT2D eigenvalue weighted by Gasteiger charge is -2.09. The summed E-state index contributed by atoms with van der Waals surface area (Å²) >= 11 is 0. The molecule has 0 aromatic heterocycles. The Morgan fingerprint density at radius 3 is 2.75 bits per heavy atom. The molecule has 0 saturated heterocycles. The second-order valence-electron chi connectivity index (χ2n) is 2.47. The van der Waals surface area contributed by atoms with Crippen LogP contribution in [0.25, 0.3) is 0 Å². The summed E-state index contributed by atoms with van der Waals surface area (Å²) in [5.74, 6) is 0. The third-order valence-corrected chi connectivity index (χ3v) is 1.51. The first kappa shape index (κ1) is 6.63. The molecule has 0 amide bonds. The van der Waals surface area contributed by atoms with Crippen molar-refractivity contribution in [3.05, 3.63) is 35.9 Å². The summed E-state index contributed by atoms with van der Waals surface area (Å²) in [5, 5.41) is 9.38. The molecule has 0 aliphatic heterocycles. The first-order valence-electron chi connectivity index (χ1n) is 4.87. The first-order chi connectivity index (χ1) is 6.47. The van der Waals surface area contributed by atoms with E-state index >= 15 is 0 Å². The zero-order valence-electron chi connectivity index (χ0n) is 9.03. The fraction of sp³-hybridized carbons (Fsp3) is 0.400. The van der Waals surface area contributed by atoms with E-state index in [9.17, 15) is 5.11 Å². The fourth-order valence-corrected chi connectivity index (χ4v) is 0.993. The number of hydrogen-bond donors (Lipinski definition) is 1. The highest BCUT2D eigenvalue weighted by atomic mass is 16.6. The molecule has 0 aliphatic carbocycles. The van der Waals surface area contributed by atoms with Crippen LogP contribution in [0.5, 0.6) is 0 Å². The minimum Gasteiger partial charge on any atom is -0.368 e. The van der Waals surface area contributed by atoms with Crippen LogP contribution in [0.3, 0.4) is 0 Å². The van der Waals surface area contributed by atoms with Gasteiger partial charge in [0.1, 0.15) is 0 Å². The molecule has 2 heteroatoms. The van der Waals surface area contributed by atoms with Gasteiger partial charge < -0.3 is 9.84 Å². The van der Waals surface area contributed by atoms with Crippen LogP contribution in [0.2, 0.25) is 0 Å². The molecule has 0 fully saturated rings. The Labute approximate surface area is 75.6 Å². The van der Waals surface area contributed by atoms with Crippen LogP contribution in [0.15, 0.2) is 30.3 Å². The van der Waals surface area contributed by atoms with E-state index in [-0.39, 0.29) is 0 Å². The summed E-state index contributed by atoms with van der Waals surface area (Å²) in [5.41, 5.74) is 0.921. The minimum absolute atomic E-state index is 0.300. The molecular formula is C10H14O2. The monoisotopic (exact) mass is 168 g/mol. The van der Waals surface area contributed by atoms with Crippen molar-refractivity contribution in [1.82, 2.24) is 0 Å². The average molecular weight is 168 g/mol. The van der Waals surface area contributed by atoms with Crippen LogP contribution in [-0.2, 0) is 11.2 Å². The largest absolute Gasteiger partial charge is 0.368 e. The summed E-state index contributed by atoms with van der Waals surface area (Å²) in [6, 6.07) is 9.33. The highest BCUT2D eigenvalue weighted by Crippen LogP contribution is 2.03. The first-order valence-corrected chi connectivity index (χ1v) is 3.87. The van der Waals surface area contributed by atoms with Gasteiger partial charge in [-0.05, 0) is 12.5 Å². The zero-order chi connectivity index (χ0) is 10.6. The standard InChI is InChI=1S/C10H14O2/c1-2-12-10(11)8-9-6-4-3-5-7-9/h3-7,10-11H,2,8H2,1H3/i2D2. The molecule has 1 rings (SSSR count). The van der Waals surface area contributed by atoms with Crippen molar-refractivity contribution < 1.29 is 12.6 Å². The van der Waals surface area contributed by atoms with Gasteiger partial charge in [-0.2, -0.15) is 0 Å². The fourth-order valence-electron chi connectivity index (χ4n) is 0.993. The maximum atomic E-state index is 9.38. The van der Waals surface area contributed by atoms with Gasteiger partial charge in [0, 0.05) is 13.0 Å². The molecule has 1 atom stereocenters. The predicted octanol–water partition coefficient (Wildman–Crippen LogP) is 1.58. The average Bonchev–Trinajstić information content (AvgIpc) is 2.02. The molecule has 66 valence electrons. The summed E-state index contributed by atoms with van der Waals surface area (Å²) in [7, 11) is 0. The van der Waals surface area contributed by atoms with Crippen molar-refractivity contribution in [2.24, 2.45) is 0 Å². The summed E-state index contributed by atoms with van der Waals surface area (Å²) in [6.45, 7) is -0.532. The Morgan fingerprint density at radius 2 is 2.17 bits per heavy atom. The third kappa shape index (κ3) is 3.03. The Balaban J connectivity index is 2.46. The summed E-state index contributed by atoms with van der Waals surface area (Å²) in [4.78, 5) is 0. The van der Waals surface area contributed by atoms with E-state index in [4.69, 9.17) is 7.48 Å². The lowest BCUT2D eigenvalue weighted by Crippen LogP contribution is -2.14. The van der Waals surface area contributed by atoms with Crippen molar-refractivity contribution >= 4 is 0 Å². The third-order valence-electron chi connectivity index (χ3n) is 1.51. The van der Waals surface area contributed by atoms with Crippen molar-refractivity contribution in [1.29, 1.82) is 0 Å². The molecule has 12 heavy (non-hydrogen) atoms. The molecule has 0 heterocycles. The van der Waals surface area contributed by atoms with Crippen LogP contribution in [0, 0.1) is 0 Å². The number of rotatable bonds is 4. The molecule has 1 unspecified atom stereocenters. The molecule has 2 nitrogen and oxygen atoms in total. The van der Waals surface area contributed by atoms with Gasteiger partial charge in [-0.3, -0.25) is 0 Å². The lowest BCUT2D eigenvalue weighted by molar-refractivity contribution is -0.0927. The highest BCUT2D eigenvalue weighted by Gasteiger charge is 2.02. The van der Waals surface area contributed by atoms with Gasteiger partial charge in [0.05, 0.1) is 2.74 Å². The predicted molar refractivity (Wildman–Crippen MR) is 47.8 cm³/mol. The zero-order valence-corrected chi connectivity index (χ0v) is 7.03. The molecule has 0 saturated carbocycles. The SMILES string of the molecule is [2H]C([2H])(C)OC(O)Cc1ccccc1. The molecule has 0 aliphatic rings. The lowest BCUT2D eigenvalue weighted by atomic mass is 10.1.